The van der Waals surface area contributed by atoms with E-state index in [0.29, 0.717) is 16.3 Å². The zero-order valence-corrected chi connectivity index (χ0v) is 12.5. The SMILES string of the molecule is CC(C)C1CC(Nc2ccc(Br)cc2C(F)(F)F)C1. The summed E-state index contributed by atoms with van der Waals surface area (Å²) in [5.74, 6) is 1.23. The highest BCUT2D eigenvalue weighted by Gasteiger charge is 2.36. The van der Waals surface area contributed by atoms with E-state index < -0.39 is 11.7 Å². The van der Waals surface area contributed by atoms with Gasteiger partial charge in [-0.3, -0.25) is 0 Å². The van der Waals surface area contributed by atoms with Crippen LogP contribution in [0.3, 0.4) is 0 Å². The monoisotopic (exact) mass is 335 g/mol. The highest BCUT2D eigenvalue weighted by Crippen LogP contribution is 2.40. The second kappa shape index (κ2) is 5.35. The summed E-state index contributed by atoms with van der Waals surface area (Å²) in [4.78, 5) is 0. The molecule has 5 heteroatoms. The summed E-state index contributed by atoms with van der Waals surface area (Å²) in [6, 6.07) is 4.42. The fourth-order valence-corrected chi connectivity index (χ4v) is 2.78. The predicted molar refractivity (Wildman–Crippen MR) is 74.1 cm³/mol. The lowest BCUT2D eigenvalue weighted by atomic mass is 9.73. The minimum Gasteiger partial charge on any atom is -0.382 e. The lowest BCUT2D eigenvalue weighted by molar-refractivity contribution is -0.137. The number of anilines is 1. The van der Waals surface area contributed by atoms with Crippen LogP contribution in [-0.2, 0) is 6.18 Å². The van der Waals surface area contributed by atoms with Crippen molar-refractivity contribution in [2.75, 3.05) is 5.32 Å². The molecule has 0 unspecified atom stereocenters. The lowest BCUT2D eigenvalue weighted by Gasteiger charge is -2.39. The molecule has 19 heavy (non-hydrogen) atoms. The third-order valence-electron chi connectivity index (χ3n) is 3.76. The first kappa shape index (κ1) is 14.7. The van der Waals surface area contributed by atoms with Gasteiger partial charge in [0.25, 0.3) is 0 Å². The van der Waals surface area contributed by atoms with E-state index in [4.69, 9.17) is 0 Å². The van der Waals surface area contributed by atoms with Crippen molar-refractivity contribution in [2.24, 2.45) is 11.8 Å². The molecule has 106 valence electrons. The standard InChI is InChI=1S/C14H17BrF3N/c1-8(2)9-5-11(6-9)19-13-4-3-10(15)7-12(13)14(16,17)18/h3-4,7-9,11,19H,5-6H2,1-2H3. The summed E-state index contributed by atoms with van der Waals surface area (Å²) in [5, 5.41) is 3.02. The van der Waals surface area contributed by atoms with Crippen LogP contribution in [0, 0.1) is 11.8 Å². The van der Waals surface area contributed by atoms with E-state index in [-0.39, 0.29) is 11.7 Å². The van der Waals surface area contributed by atoms with Crippen LogP contribution in [0.4, 0.5) is 18.9 Å². The molecular formula is C14H17BrF3N. The van der Waals surface area contributed by atoms with Crippen LogP contribution in [0.25, 0.3) is 0 Å². The van der Waals surface area contributed by atoms with Gasteiger partial charge in [0, 0.05) is 16.2 Å². The Hall–Kier alpha value is -0.710. The molecule has 2 rings (SSSR count). The Balaban J connectivity index is 2.09. The van der Waals surface area contributed by atoms with Gasteiger partial charge < -0.3 is 5.32 Å². The van der Waals surface area contributed by atoms with Crippen LogP contribution in [0.1, 0.15) is 32.3 Å². The number of halogens is 4. The summed E-state index contributed by atoms with van der Waals surface area (Å²) in [7, 11) is 0. The van der Waals surface area contributed by atoms with Crippen LogP contribution in [0.15, 0.2) is 22.7 Å². The average molecular weight is 336 g/mol. The third kappa shape index (κ3) is 3.44. The second-order valence-electron chi connectivity index (χ2n) is 5.50. The smallest absolute Gasteiger partial charge is 0.382 e. The Labute approximate surface area is 119 Å². The molecule has 1 aromatic carbocycles. The third-order valence-corrected chi connectivity index (χ3v) is 4.26. The van der Waals surface area contributed by atoms with Crippen LogP contribution in [0.5, 0.6) is 0 Å². The van der Waals surface area contributed by atoms with Crippen molar-refractivity contribution in [2.45, 2.75) is 38.9 Å². The van der Waals surface area contributed by atoms with Crippen LogP contribution in [-0.4, -0.2) is 6.04 Å². The van der Waals surface area contributed by atoms with E-state index in [1.165, 1.54) is 6.07 Å². The summed E-state index contributed by atoms with van der Waals surface area (Å²) in [6.45, 7) is 4.31. The van der Waals surface area contributed by atoms with Gasteiger partial charge in [-0.25, -0.2) is 0 Å². The summed E-state index contributed by atoms with van der Waals surface area (Å²) < 4.78 is 39.3. The number of hydrogen-bond acceptors (Lipinski definition) is 1. The zero-order chi connectivity index (χ0) is 14.2. The van der Waals surface area contributed by atoms with Gasteiger partial charge in [-0.2, -0.15) is 13.2 Å². The van der Waals surface area contributed by atoms with Gasteiger partial charge in [0.15, 0.2) is 0 Å². The lowest BCUT2D eigenvalue weighted by Crippen LogP contribution is -2.38. The number of benzene rings is 1. The van der Waals surface area contributed by atoms with Crippen LogP contribution < -0.4 is 5.32 Å². The van der Waals surface area contributed by atoms with E-state index in [0.717, 1.165) is 18.9 Å². The molecule has 1 fully saturated rings. The maximum Gasteiger partial charge on any atom is 0.418 e. The number of rotatable bonds is 3. The molecule has 0 aliphatic heterocycles. The minimum atomic E-state index is -4.33. The maximum atomic E-state index is 12.9. The van der Waals surface area contributed by atoms with Crippen molar-refractivity contribution in [1.29, 1.82) is 0 Å². The maximum absolute atomic E-state index is 12.9. The van der Waals surface area contributed by atoms with E-state index in [9.17, 15) is 13.2 Å². The molecular weight excluding hydrogens is 319 g/mol. The molecule has 1 nitrogen and oxygen atoms in total. The van der Waals surface area contributed by atoms with Crippen molar-refractivity contribution in [3.63, 3.8) is 0 Å². The summed E-state index contributed by atoms with van der Waals surface area (Å²) in [5.41, 5.74) is -0.419. The van der Waals surface area contributed by atoms with Crippen LogP contribution in [0.2, 0.25) is 0 Å². The van der Waals surface area contributed by atoms with Crippen molar-refractivity contribution in [3.05, 3.63) is 28.2 Å². The minimum absolute atomic E-state index is 0.162. The molecule has 1 aliphatic carbocycles. The molecule has 0 aromatic heterocycles. The summed E-state index contributed by atoms with van der Waals surface area (Å²) >= 11 is 3.09. The van der Waals surface area contributed by atoms with Gasteiger partial charge in [0.1, 0.15) is 0 Å². The normalized spacial score (nSPS) is 23.3. The van der Waals surface area contributed by atoms with Gasteiger partial charge >= 0.3 is 6.18 Å². The molecule has 0 spiro atoms. The molecule has 1 aromatic rings. The Bertz CT molecular complexity index is 450. The van der Waals surface area contributed by atoms with E-state index >= 15 is 0 Å². The van der Waals surface area contributed by atoms with Gasteiger partial charge in [-0.15, -0.1) is 0 Å². The summed E-state index contributed by atoms with van der Waals surface area (Å²) in [6.07, 6.45) is -2.43. The van der Waals surface area contributed by atoms with E-state index in [1.807, 2.05) is 0 Å². The van der Waals surface area contributed by atoms with Crippen molar-refractivity contribution < 1.29 is 13.2 Å². The molecule has 1 N–H and O–H groups in total. The largest absolute Gasteiger partial charge is 0.418 e. The van der Waals surface area contributed by atoms with Crippen LogP contribution >= 0.6 is 15.9 Å². The highest BCUT2D eigenvalue weighted by atomic mass is 79.9. The molecule has 0 heterocycles. The van der Waals surface area contributed by atoms with Gasteiger partial charge in [-0.1, -0.05) is 29.8 Å². The Morgan fingerprint density at radius 2 is 1.89 bits per heavy atom. The number of alkyl halides is 3. The quantitative estimate of drug-likeness (QED) is 0.788. The first-order chi connectivity index (χ1) is 8.77. The van der Waals surface area contributed by atoms with E-state index in [1.54, 1.807) is 6.07 Å². The van der Waals surface area contributed by atoms with Gasteiger partial charge in [-0.05, 0) is 42.9 Å². The highest BCUT2D eigenvalue weighted by molar-refractivity contribution is 9.10. The number of nitrogens with one attached hydrogen (secondary N) is 1. The van der Waals surface area contributed by atoms with Crippen molar-refractivity contribution in [3.8, 4) is 0 Å². The molecule has 0 amide bonds. The number of hydrogen-bond donors (Lipinski definition) is 1. The van der Waals surface area contributed by atoms with E-state index in [2.05, 4.69) is 35.1 Å². The topological polar surface area (TPSA) is 12.0 Å². The van der Waals surface area contributed by atoms with Crippen molar-refractivity contribution in [1.82, 2.24) is 0 Å². The van der Waals surface area contributed by atoms with Crippen molar-refractivity contribution >= 4 is 21.6 Å². The molecule has 0 radical (unpaired) electrons. The predicted octanol–water partition coefficient (Wildman–Crippen LogP) is 5.31. The first-order valence-corrected chi connectivity index (χ1v) is 7.20. The second-order valence-corrected chi connectivity index (χ2v) is 6.42. The van der Waals surface area contributed by atoms with Gasteiger partial charge in [0.2, 0.25) is 0 Å². The Morgan fingerprint density at radius 1 is 1.26 bits per heavy atom. The first-order valence-electron chi connectivity index (χ1n) is 6.40. The zero-order valence-electron chi connectivity index (χ0n) is 10.9. The molecule has 1 saturated carbocycles. The molecule has 1 aliphatic rings. The fraction of sp³-hybridized carbons (Fsp3) is 0.571. The van der Waals surface area contributed by atoms with Gasteiger partial charge in [0.05, 0.1) is 5.56 Å². The Kier molecular flexibility index (Phi) is 4.14. The molecule has 0 bridgehead atoms. The average Bonchev–Trinajstić information content (AvgIpc) is 2.22. The fourth-order valence-electron chi connectivity index (χ4n) is 2.42. The Morgan fingerprint density at radius 3 is 2.42 bits per heavy atom. The molecule has 0 saturated heterocycles. The molecule has 0 atom stereocenters.